The Hall–Kier alpha value is -3.67. The van der Waals surface area contributed by atoms with Gasteiger partial charge in [0.2, 0.25) is 0 Å². The Morgan fingerprint density at radius 2 is 1.96 bits per heavy atom. The Kier molecular flexibility index (Phi) is 4.94. The topological polar surface area (TPSA) is 93.5 Å². The molecule has 0 bridgehead atoms. The highest BCUT2D eigenvalue weighted by Gasteiger charge is 2.14. The first-order chi connectivity index (χ1) is 12.6. The number of hydrogen-bond acceptors (Lipinski definition) is 5. The molecule has 0 saturated heterocycles. The van der Waals surface area contributed by atoms with Crippen molar-refractivity contribution in [2.45, 2.75) is 6.92 Å². The number of para-hydroxylation sites is 1. The van der Waals surface area contributed by atoms with Gasteiger partial charge in [0.1, 0.15) is 0 Å². The van der Waals surface area contributed by atoms with Crippen LogP contribution >= 0.6 is 0 Å². The molecule has 0 aliphatic carbocycles. The third-order valence-electron chi connectivity index (χ3n) is 3.67. The highest BCUT2D eigenvalue weighted by atomic mass is 16.3. The number of aromatic nitrogens is 2. The molecule has 0 aliphatic rings. The van der Waals surface area contributed by atoms with Crippen molar-refractivity contribution in [3.05, 3.63) is 94.6 Å². The fourth-order valence-corrected chi connectivity index (χ4v) is 2.45. The second kappa shape index (κ2) is 7.48. The molecule has 6 nitrogen and oxygen atoms in total. The van der Waals surface area contributed by atoms with Gasteiger partial charge in [0, 0.05) is 0 Å². The zero-order valence-electron chi connectivity index (χ0n) is 14.2. The van der Waals surface area contributed by atoms with Crippen molar-refractivity contribution in [2.24, 2.45) is 10.7 Å². The largest absolute Gasteiger partial charge is 0.503 e. The highest BCUT2D eigenvalue weighted by molar-refractivity contribution is 6.08. The summed E-state index contributed by atoms with van der Waals surface area (Å²) < 4.78 is 1.45. The Balaban J connectivity index is 2.19. The van der Waals surface area contributed by atoms with Gasteiger partial charge in [-0.15, -0.1) is 0 Å². The molecule has 0 unspecified atom stereocenters. The molecule has 0 aliphatic heterocycles. The number of rotatable bonds is 4. The van der Waals surface area contributed by atoms with Crippen molar-refractivity contribution in [2.75, 3.05) is 0 Å². The minimum Gasteiger partial charge on any atom is -0.503 e. The molecule has 0 atom stereocenters. The van der Waals surface area contributed by atoms with Crippen LogP contribution in [0.25, 0.3) is 5.69 Å². The van der Waals surface area contributed by atoms with Crippen LogP contribution in [0.3, 0.4) is 0 Å². The summed E-state index contributed by atoms with van der Waals surface area (Å²) in [4.78, 5) is 16.9. The van der Waals surface area contributed by atoms with Gasteiger partial charge in [0.05, 0.1) is 23.3 Å². The average molecular weight is 346 g/mol. The van der Waals surface area contributed by atoms with Crippen LogP contribution < -0.4 is 11.2 Å². The zero-order chi connectivity index (χ0) is 18.5. The van der Waals surface area contributed by atoms with E-state index in [0.29, 0.717) is 5.69 Å². The van der Waals surface area contributed by atoms with Crippen LogP contribution in [0.4, 0.5) is 5.69 Å². The molecule has 2 aromatic carbocycles. The molecule has 130 valence electrons. The molecule has 0 radical (unpaired) electrons. The van der Waals surface area contributed by atoms with Crippen molar-refractivity contribution >= 4 is 11.4 Å². The predicted molar refractivity (Wildman–Crippen MR) is 102 cm³/mol. The van der Waals surface area contributed by atoms with E-state index < -0.39 is 11.2 Å². The van der Waals surface area contributed by atoms with Crippen LogP contribution in [0, 0.1) is 6.92 Å². The van der Waals surface area contributed by atoms with Crippen molar-refractivity contribution in [1.82, 2.24) is 9.78 Å². The second-order valence-corrected chi connectivity index (χ2v) is 5.67. The van der Waals surface area contributed by atoms with Crippen molar-refractivity contribution in [3.8, 4) is 11.4 Å². The van der Waals surface area contributed by atoms with Gasteiger partial charge < -0.3 is 10.8 Å². The van der Waals surface area contributed by atoms with Crippen LogP contribution in [-0.2, 0) is 0 Å². The minimum absolute atomic E-state index is 0.0112. The first-order valence-corrected chi connectivity index (χ1v) is 8.01. The summed E-state index contributed by atoms with van der Waals surface area (Å²) in [5.41, 5.74) is 7.58. The number of allylic oxidation sites excluding steroid dienone is 1. The number of benzene rings is 2. The van der Waals surface area contributed by atoms with Crippen molar-refractivity contribution < 1.29 is 5.11 Å². The quantitative estimate of drug-likeness (QED) is 0.710. The van der Waals surface area contributed by atoms with Gasteiger partial charge in [-0.25, -0.2) is 9.67 Å². The van der Waals surface area contributed by atoms with E-state index in [1.807, 2.05) is 49.4 Å². The van der Waals surface area contributed by atoms with Gasteiger partial charge in [-0.05, 0) is 49.0 Å². The third-order valence-corrected chi connectivity index (χ3v) is 3.67. The van der Waals surface area contributed by atoms with E-state index in [1.165, 1.54) is 23.2 Å². The average Bonchev–Trinajstić information content (AvgIpc) is 2.64. The van der Waals surface area contributed by atoms with Gasteiger partial charge in [-0.1, -0.05) is 30.3 Å². The Bertz CT molecular complexity index is 1040. The normalized spacial score (nSPS) is 11.8. The van der Waals surface area contributed by atoms with Crippen LogP contribution in [0.5, 0.6) is 5.75 Å². The first-order valence-electron chi connectivity index (χ1n) is 8.01. The summed E-state index contributed by atoms with van der Waals surface area (Å²) in [7, 11) is 0. The number of nitrogens with zero attached hydrogens (tertiary/aromatic N) is 3. The molecule has 0 fully saturated rings. The van der Waals surface area contributed by atoms with Gasteiger partial charge in [0.15, 0.2) is 11.4 Å². The number of aromatic hydroxyl groups is 1. The number of nitrogens with two attached hydrogens (primary N) is 1. The fourth-order valence-electron chi connectivity index (χ4n) is 2.45. The molecule has 26 heavy (non-hydrogen) atoms. The molecule has 1 aromatic heterocycles. The summed E-state index contributed by atoms with van der Waals surface area (Å²) in [6.07, 6.45) is 4.05. The summed E-state index contributed by atoms with van der Waals surface area (Å²) in [6.45, 7) is 1.95. The molecule has 0 spiro atoms. The first kappa shape index (κ1) is 17.2. The van der Waals surface area contributed by atoms with E-state index in [4.69, 9.17) is 5.73 Å². The SMILES string of the molecule is Cc1cccc(-n2cc(O)c(=O)c(C(C=CN)=Nc3ccccc3)n2)c1. The van der Waals surface area contributed by atoms with Gasteiger partial charge in [-0.2, -0.15) is 5.10 Å². The molecule has 3 N–H and O–H groups in total. The Morgan fingerprint density at radius 3 is 2.65 bits per heavy atom. The van der Waals surface area contributed by atoms with Gasteiger partial charge >= 0.3 is 0 Å². The monoisotopic (exact) mass is 346 g/mol. The lowest BCUT2D eigenvalue weighted by Gasteiger charge is -2.09. The van der Waals surface area contributed by atoms with E-state index in [9.17, 15) is 9.90 Å². The minimum atomic E-state index is -0.610. The van der Waals surface area contributed by atoms with Crippen LogP contribution in [0.2, 0.25) is 0 Å². The molecule has 0 saturated carbocycles. The lowest BCUT2D eigenvalue weighted by molar-refractivity contribution is 0.461. The van der Waals surface area contributed by atoms with E-state index >= 15 is 0 Å². The molecular formula is C20H18N4O2. The van der Waals surface area contributed by atoms with Crippen LogP contribution in [0.15, 0.2) is 82.9 Å². The van der Waals surface area contributed by atoms with E-state index in [1.54, 1.807) is 12.1 Å². The highest BCUT2D eigenvalue weighted by Crippen LogP contribution is 2.15. The van der Waals surface area contributed by atoms with E-state index in [0.717, 1.165) is 11.3 Å². The maximum atomic E-state index is 12.4. The van der Waals surface area contributed by atoms with Crippen molar-refractivity contribution in [3.63, 3.8) is 0 Å². The van der Waals surface area contributed by atoms with Crippen LogP contribution in [0.1, 0.15) is 11.3 Å². The molecule has 3 rings (SSSR count). The van der Waals surface area contributed by atoms with Crippen LogP contribution in [-0.4, -0.2) is 20.6 Å². The summed E-state index contributed by atoms with van der Waals surface area (Å²) in [5, 5.41) is 14.5. The maximum Gasteiger partial charge on any atom is 0.251 e. The number of hydrogen-bond donors (Lipinski definition) is 2. The molecule has 3 aromatic rings. The molecule has 1 heterocycles. The smallest absolute Gasteiger partial charge is 0.251 e. The lowest BCUT2D eigenvalue weighted by Crippen LogP contribution is -2.21. The molecular weight excluding hydrogens is 328 g/mol. The summed E-state index contributed by atoms with van der Waals surface area (Å²) in [5.74, 6) is -0.414. The lowest BCUT2D eigenvalue weighted by atomic mass is 10.2. The molecule has 6 heteroatoms. The number of aliphatic imine (C=N–C) groups is 1. The zero-order valence-corrected chi connectivity index (χ0v) is 14.2. The standard InChI is InChI=1S/C20H18N4O2/c1-14-6-5-9-16(12-14)24-13-18(25)20(26)19(23-24)17(10-11-21)22-15-7-3-2-4-8-15/h2-13,25H,21H2,1H3. The fraction of sp³-hybridized carbons (Fsp3) is 0.0500. The Morgan fingerprint density at radius 1 is 1.19 bits per heavy atom. The van der Waals surface area contributed by atoms with Gasteiger partial charge in [0.25, 0.3) is 5.43 Å². The Labute approximate surface area is 150 Å². The maximum absolute atomic E-state index is 12.4. The second-order valence-electron chi connectivity index (χ2n) is 5.67. The summed E-state index contributed by atoms with van der Waals surface area (Å²) >= 11 is 0. The number of aryl methyl sites for hydroxylation is 1. The molecule has 0 amide bonds. The van der Waals surface area contributed by atoms with E-state index in [2.05, 4.69) is 10.1 Å². The predicted octanol–water partition coefficient (Wildman–Crippen LogP) is 2.84. The van der Waals surface area contributed by atoms with E-state index in [-0.39, 0.29) is 11.4 Å². The third kappa shape index (κ3) is 3.70. The van der Waals surface area contributed by atoms with Gasteiger partial charge in [-0.3, -0.25) is 4.79 Å². The summed E-state index contributed by atoms with van der Waals surface area (Å²) in [6, 6.07) is 16.7. The van der Waals surface area contributed by atoms with Crippen molar-refractivity contribution in [1.29, 1.82) is 0 Å².